The third kappa shape index (κ3) is 4.32. The standard InChI is InChI=1S/C17H21NO3/c1-12-9-14(5-3-4-7-19)11-15(10-12)18-17(20)16-6-8-21-13(16)2/h9-11,13,16,19H,4,6-8H2,1-2H3,(H,18,20). The van der Waals surface area contributed by atoms with E-state index >= 15 is 0 Å². The van der Waals surface area contributed by atoms with Gasteiger partial charge in [0, 0.05) is 24.3 Å². The van der Waals surface area contributed by atoms with Gasteiger partial charge in [-0.15, -0.1) is 0 Å². The van der Waals surface area contributed by atoms with Crippen LogP contribution in [0.3, 0.4) is 0 Å². The van der Waals surface area contributed by atoms with Crippen molar-refractivity contribution in [3.8, 4) is 11.8 Å². The number of hydrogen-bond donors (Lipinski definition) is 2. The first-order chi connectivity index (χ1) is 10.1. The number of benzene rings is 1. The summed E-state index contributed by atoms with van der Waals surface area (Å²) in [5.74, 6) is 5.79. The zero-order chi connectivity index (χ0) is 15.2. The Morgan fingerprint density at radius 2 is 2.29 bits per heavy atom. The number of hydrogen-bond acceptors (Lipinski definition) is 3. The van der Waals surface area contributed by atoms with Crippen LogP contribution in [0.25, 0.3) is 0 Å². The molecule has 21 heavy (non-hydrogen) atoms. The van der Waals surface area contributed by atoms with Gasteiger partial charge in [0.05, 0.1) is 18.6 Å². The summed E-state index contributed by atoms with van der Waals surface area (Å²) in [4.78, 5) is 12.2. The van der Waals surface area contributed by atoms with Crippen molar-refractivity contribution in [1.29, 1.82) is 0 Å². The summed E-state index contributed by atoms with van der Waals surface area (Å²) in [6.45, 7) is 4.60. The highest BCUT2D eigenvalue weighted by atomic mass is 16.5. The number of amides is 1. The van der Waals surface area contributed by atoms with E-state index < -0.39 is 0 Å². The first-order valence-electron chi connectivity index (χ1n) is 7.24. The number of carbonyl (C=O) groups is 1. The van der Waals surface area contributed by atoms with Crippen molar-refractivity contribution in [1.82, 2.24) is 0 Å². The van der Waals surface area contributed by atoms with Gasteiger partial charge in [-0.05, 0) is 44.0 Å². The molecule has 2 rings (SSSR count). The molecule has 1 fully saturated rings. The van der Waals surface area contributed by atoms with Gasteiger partial charge in [-0.2, -0.15) is 0 Å². The minimum Gasteiger partial charge on any atom is -0.395 e. The van der Waals surface area contributed by atoms with E-state index in [1.165, 1.54) is 0 Å². The van der Waals surface area contributed by atoms with E-state index in [2.05, 4.69) is 17.2 Å². The maximum Gasteiger partial charge on any atom is 0.230 e. The number of aliphatic hydroxyl groups is 1. The van der Waals surface area contributed by atoms with E-state index in [1.54, 1.807) is 0 Å². The SMILES string of the molecule is Cc1cc(C#CCCO)cc(NC(=O)C2CCOC2C)c1. The van der Waals surface area contributed by atoms with Crippen molar-refractivity contribution in [2.24, 2.45) is 5.92 Å². The number of aliphatic hydroxyl groups excluding tert-OH is 1. The molecule has 112 valence electrons. The summed E-state index contributed by atoms with van der Waals surface area (Å²) in [6, 6.07) is 5.74. The van der Waals surface area contributed by atoms with Gasteiger partial charge in [0.1, 0.15) is 0 Å². The molecule has 1 saturated heterocycles. The zero-order valence-corrected chi connectivity index (χ0v) is 12.5. The van der Waals surface area contributed by atoms with Gasteiger partial charge in [-0.25, -0.2) is 0 Å². The van der Waals surface area contributed by atoms with Gasteiger partial charge in [0.2, 0.25) is 5.91 Å². The van der Waals surface area contributed by atoms with Crippen molar-refractivity contribution in [2.45, 2.75) is 32.8 Å². The minimum absolute atomic E-state index is 0.000123. The molecule has 0 aliphatic carbocycles. The molecule has 1 amide bonds. The highest BCUT2D eigenvalue weighted by Crippen LogP contribution is 2.23. The number of anilines is 1. The molecule has 1 heterocycles. The van der Waals surface area contributed by atoms with Gasteiger partial charge in [-0.3, -0.25) is 4.79 Å². The maximum atomic E-state index is 12.2. The highest BCUT2D eigenvalue weighted by Gasteiger charge is 2.30. The fourth-order valence-corrected chi connectivity index (χ4v) is 2.46. The summed E-state index contributed by atoms with van der Waals surface area (Å²) in [5.41, 5.74) is 2.64. The molecule has 0 spiro atoms. The van der Waals surface area contributed by atoms with Gasteiger partial charge >= 0.3 is 0 Å². The van der Waals surface area contributed by atoms with Crippen LogP contribution in [0.5, 0.6) is 0 Å². The first-order valence-corrected chi connectivity index (χ1v) is 7.24. The van der Waals surface area contributed by atoms with Crippen molar-refractivity contribution < 1.29 is 14.6 Å². The normalized spacial score (nSPS) is 20.7. The van der Waals surface area contributed by atoms with Gasteiger partial charge in [0.25, 0.3) is 0 Å². The fraction of sp³-hybridized carbons (Fsp3) is 0.471. The monoisotopic (exact) mass is 287 g/mol. The molecule has 2 unspecified atom stereocenters. The van der Waals surface area contributed by atoms with Crippen molar-refractivity contribution in [2.75, 3.05) is 18.5 Å². The molecule has 0 aromatic heterocycles. The predicted molar refractivity (Wildman–Crippen MR) is 81.9 cm³/mol. The summed E-state index contributed by atoms with van der Waals surface area (Å²) < 4.78 is 5.43. The molecule has 2 atom stereocenters. The topological polar surface area (TPSA) is 58.6 Å². The van der Waals surface area contributed by atoms with Crippen molar-refractivity contribution >= 4 is 11.6 Å². The second-order valence-electron chi connectivity index (χ2n) is 5.32. The van der Waals surface area contributed by atoms with Crippen LogP contribution < -0.4 is 5.32 Å². The lowest BCUT2D eigenvalue weighted by molar-refractivity contribution is -0.121. The third-order valence-electron chi connectivity index (χ3n) is 3.53. The van der Waals surface area contributed by atoms with Crippen molar-refractivity contribution in [3.63, 3.8) is 0 Å². The van der Waals surface area contributed by atoms with Crippen LogP contribution in [0.2, 0.25) is 0 Å². The summed E-state index contributed by atoms with van der Waals surface area (Å²) >= 11 is 0. The molecule has 1 aromatic rings. The Kier molecular flexibility index (Phi) is 5.38. The van der Waals surface area contributed by atoms with Crippen molar-refractivity contribution in [3.05, 3.63) is 29.3 Å². The first kappa shape index (κ1) is 15.6. The molecule has 2 N–H and O–H groups in total. The van der Waals surface area contributed by atoms with Crippen LogP contribution in [0, 0.1) is 24.7 Å². The van der Waals surface area contributed by atoms with Gasteiger partial charge < -0.3 is 15.2 Å². The molecular weight excluding hydrogens is 266 g/mol. The Hall–Kier alpha value is -1.83. The molecule has 1 aromatic carbocycles. The average Bonchev–Trinajstić information content (AvgIpc) is 2.85. The molecule has 1 aliphatic rings. The van der Waals surface area contributed by atoms with E-state index in [-0.39, 0.29) is 24.5 Å². The summed E-state index contributed by atoms with van der Waals surface area (Å²) in [6.07, 6.45) is 1.19. The van der Waals surface area contributed by atoms with E-state index in [1.807, 2.05) is 32.0 Å². The fourth-order valence-electron chi connectivity index (χ4n) is 2.46. The largest absolute Gasteiger partial charge is 0.395 e. The van der Waals surface area contributed by atoms with E-state index in [0.717, 1.165) is 23.2 Å². The maximum absolute atomic E-state index is 12.2. The number of nitrogens with one attached hydrogen (secondary N) is 1. The Morgan fingerprint density at radius 1 is 1.48 bits per heavy atom. The average molecular weight is 287 g/mol. The Labute approximate surface area is 125 Å². The van der Waals surface area contributed by atoms with Gasteiger partial charge in [-0.1, -0.05) is 11.8 Å². The van der Waals surface area contributed by atoms with Crippen LogP contribution in [-0.4, -0.2) is 30.3 Å². The number of rotatable bonds is 3. The number of carbonyl (C=O) groups excluding carboxylic acids is 1. The Bertz CT molecular complexity index is 571. The van der Waals surface area contributed by atoms with Gasteiger partial charge in [0.15, 0.2) is 0 Å². The minimum atomic E-state index is -0.0885. The van der Waals surface area contributed by atoms with Crippen LogP contribution in [0.15, 0.2) is 18.2 Å². The van der Waals surface area contributed by atoms with Crippen LogP contribution in [-0.2, 0) is 9.53 Å². The summed E-state index contributed by atoms with van der Waals surface area (Å²) in [5, 5.41) is 11.7. The zero-order valence-electron chi connectivity index (χ0n) is 12.5. The Morgan fingerprint density at radius 3 is 2.95 bits per heavy atom. The molecule has 0 bridgehead atoms. The lowest BCUT2D eigenvalue weighted by atomic mass is 10.0. The second kappa shape index (κ2) is 7.26. The number of aryl methyl sites for hydroxylation is 1. The van der Waals surface area contributed by atoms with E-state index in [4.69, 9.17) is 9.84 Å². The molecule has 4 heteroatoms. The molecule has 1 aliphatic heterocycles. The van der Waals surface area contributed by atoms with E-state index in [0.29, 0.717) is 13.0 Å². The van der Waals surface area contributed by atoms with Crippen LogP contribution >= 0.6 is 0 Å². The van der Waals surface area contributed by atoms with E-state index in [9.17, 15) is 4.79 Å². The smallest absolute Gasteiger partial charge is 0.230 e. The third-order valence-corrected chi connectivity index (χ3v) is 3.53. The molecule has 4 nitrogen and oxygen atoms in total. The molecule has 0 radical (unpaired) electrons. The molecular formula is C17H21NO3. The molecule has 0 saturated carbocycles. The number of ether oxygens (including phenoxy) is 1. The van der Waals surface area contributed by atoms with Crippen LogP contribution in [0.1, 0.15) is 30.9 Å². The Balaban J connectivity index is 2.09. The second-order valence-corrected chi connectivity index (χ2v) is 5.32. The van der Waals surface area contributed by atoms with Crippen LogP contribution in [0.4, 0.5) is 5.69 Å². The highest BCUT2D eigenvalue weighted by molar-refractivity contribution is 5.93. The summed E-state index contributed by atoms with van der Waals surface area (Å²) in [7, 11) is 0. The lowest BCUT2D eigenvalue weighted by Crippen LogP contribution is -2.27. The quantitative estimate of drug-likeness (QED) is 0.837. The lowest BCUT2D eigenvalue weighted by Gasteiger charge is -2.14. The predicted octanol–water partition coefficient (Wildman–Crippen LogP) is 2.09.